The summed E-state index contributed by atoms with van der Waals surface area (Å²) in [5, 5.41) is 0. The van der Waals surface area contributed by atoms with Crippen LogP contribution >= 0.6 is 15.9 Å². The van der Waals surface area contributed by atoms with E-state index in [1.165, 1.54) is 0 Å². The Morgan fingerprint density at radius 3 is 2.60 bits per heavy atom. The van der Waals surface area contributed by atoms with Crippen molar-refractivity contribution >= 4 is 27.7 Å². The molecular formula is C18H26BrN3O3. The predicted molar refractivity (Wildman–Crippen MR) is 98.9 cm³/mol. The van der Waals surface area contributed by atoms with Crippen molar-refractivity contribution in [2.75, 3.05) is 31.2 Å². The second-order valence-corrected chi connectivity index (χ2v) is 7.90. The highest BCUT2D eigenvalue weighted by atomic mass is 79.9. The molecule has 0 saturated carbocycles. The van der Waals surface area contributed by atoms with Gasteiger partial charge in [-0.15, -0.1) is 0 Å². The summed E-state index contributed by atoms with van der Waals surface area (Å²) in [5.74, 6) is 0.766. The first kappa shape index (κ1) is 18.6. The van der Waals surface area contributed by atoms with Gasteiger partial charge in [0.05, 0.1) is 25.0 Å². The zero-order valence-corrected chi connectivity index (χ0v) is 16.9. The van der Waals surface area contributed by atoms with Gasteiger partial charge in [0.25, 0.3) is 0 Å². The van der Waals surface area contributed by atoms with Gasteiger partial charge in [0.15, 0.2) is 11.5 Å². The van der Waals surface area contributed by atoms with E-state index >= 15 is 0 Å². The Morgan fingerprint density at radius 1 is 1.36 bits per heavy atom. The Kier molecular flexibility index (Phi) is 5.34. The summed E-state index contributed by atoms with van der Waals surface area (Å²) in [6.45, 7) is 11.0. The summed E-state index contributed by atoms with van der Waals surface area (Å²) < 4.78 is 11.7. The van der Waals surface area contributed by atoms with Gasteiger partial charge >= 0.3 is 5.97 Å². The molecule has 2 fully saturated rings. The molecule has 0 N–H and O–H groups in total. The molecule has 0 unspecified atom stereocenters. The lowest BCUT2D eigenvalue weighted by molar-refractivity contribution is 0.0519. The number of ether oxygens (including phenoxy) is 2. The van der Waals surface area contributed by atoms with Gasteiger partial charge in [-0.3, -0.25) is 0 Å². The molecule has 0 aliphatic carbocycles. The molecule has 0 amide bonds. The molecule has 1 aromatic heterocycles. The fourth-order valence-electron chi connectivity index (χ4n) is 3.88. The number of aryl methyl sites for hydroxylation is 1. The fraction of sp³-hybridized carbons (Fsp3) is 0.722. The lowest BCUT2D eigenvalue weighted by atomic mass is 9.70. The molecule has 25 heavy (non-hydrogen) atoms. The molecule has 3 heterocycles. The number of carbonyl (C=O) groups is 1. The number of hydrogen-bond donors (Lipinski definition) is 0. The van der Waals surface area contributed by atoms with Gasteiger partial charge in [0.2, 0.25) is 0 Å². The predicted octanol–water partition coefficient (Wildman–Crippen LogP) is 3.37. The summed E-state index contributed by atoms with van der Waals surface area (Å²) in [7, 11) is 0. The number of rotatable bonds is 3. The molecule has 2 atom stereocenters. The normalized spacial score (nSPS) is 25.4. The van der Waals surface area contributed by atoms with Crippen molar-refractivity contribution < 1.29 is 14.3 Å². The third-order valence-electron chi connectivity index (χ3n) is 5.83. The van der Waals surface area contributed by atoms with Gasteiger partial charge in [-0.25, -0.2) is 14.8 Å². The number of halogens is 1. The maximum atomic E-state index is 12.3. The van der Waals surface area contributed by atoms with Crippen molar-refractivity contribution in [2.45, 2.75) is 46.6 Å². The molecule has 138 valence electrons. The van der Waals surface area contributed by atoms with E-state index in [-0.39, 0.29) is 5.41 Å². The van der Waals surface area contributed by atoms with E-state index in [0.29, 0.717) is 34.7 Å². The second kappa shape index (κ2) is 7.19. The molecule has 6 nitrogen and oxygen atoms in total. The second-order valence-electron chi connectivity index (χ2n) is 7.15. The third-order valence-corrected chi connectivity index (χ3v) is 6.58. The number of esters is 1. The highest BCUT2D eigenvalue weighted by Gasteiger charge is 2.47. The molecule has 2 aliphatic rings. The van der Waals surface area contributed by atoms with Gasteiger partial charge in [-0.2, -0.15) is 0 Å². The molecule has 2 saturated heterocycles. The van der Waals surface area contributed by atoms with E-state index < -0.39 is 5.97 Å². The van der Waals surface area contributed by atoms with Crippen molar-refractivity contribution in [3.05, 3.63) is 16.0 Å². The molecule has 3 rings (SSSR count). The Balaban J connectivity index is 1.83. The average molecular weight is 412 g/mol. The van der Waals surface area contributed by atoms with Crippen LogP contribution in [0, 0.1) is 18.3 Å². The van der Waals surface area contributed by atoms with Gasteiger partial charge in [0.1, 0.15) is 4.60 Å². The number of piperidine rings is 1. The molecule has 0 aromatic carbocycles. The van der Waals surface area contributed by atoms with Crippen molar-refractivity contribution in [1.82, 2.24) is 9.97 Å². The van der Waals surface area contributed by atoms with Gasteiger partial charge in [0, 0.05) is 18.5 Å². The largest absolute Gasteiger partial charge is 0.461 e. The van der Waals surface area contributed by atoms with Crippen LogP contribution in [0.4, 0.5) is 5.82 Å². The minimum absolute atomic E-state index is 0.248. The molecule has 2 aliphatic heterocycles. The van der Waals surface area contributed by atoms with Crippen LogP contribution in [0.3, 0.4) is 0 Å². The number of anilines is 1. The lowest BCUT2D eigenvalue weighted by Crippen LogP contribution is -2.44. The SMILES string of the molecule is CCOC(=O)c1nc(Br)c(C)nc1N1CCC2(CC1)CO[C@@H](C)[C@@H]2C. The lowest BCUT2D eigenvalue weighted by Gasteiger charge is -2.42. The van der Waals surface area contributed by atoms with Crippen LogP contribution in [0.1, 0.15) is 49.8 Å². The first-order valence-electron chi connectivity index (χ1n) is 8.96. The Bertz CT molecular complexity index is 659. The van der Waals surface area contributed by atoms with Gasteiger partial charge in [-0.1, -0.05) is 6.92 Å². The molecule has 0 radical (unpaired) electrons. The molecule has 1 spiro atoms. The number of hydrogen-bond acceptors (Lipinski definition) is 6. The molecule has 7 heteroatoms. The maximum Gasteiger partial charge on any atom is 0.360 e. The Morgan fingerprint density at radius 2 is 2.04 bits per heavy atom. The van der Waals surface area contributed by atoms with E-state index in [0.717, 1.165) is 38.2 Å². The summed E-state index contributed by atoms with van der Waals surface area (Å²) in [4.78, 5) is 23.5. The smallest absolute Gasteiger partial charge is 0.360 e. The number of nitrogens with zero attached hydrogens (tertiary/aromatic N) is 3. The van der Waals surface area contributed by atoms with Crippen molar-refractivity contribution in [3.8, 4) is 0 Å². The van der Waals surface area contributed by atoms with Gasteiger partial charge in [-0.05, 0) is 55.5 Å². The molecule has 0 bridgehead atoms. The first-order valence-corrected chi connectivity index (χ1v) is 9.75. The van der Waals surface area contributed by atoms with E-state index in [4.69, 9.17) is 9.47 Å². The Hall–Kier alpha value is -1.21. The van der Waals surface area contributed by atoms with Crippen LogP contribution in [-0.2, 0) is 9.47 Å². The molecular weight excluding hydrogens is 386 g/mol. The van der Waals surface area contributed by atoms with Crippen LogP contribution < -0.4 is 4.90 Å². The van der Waals surface area contributed by atoms with Crippen LogP contribution in [0.2, 0.25) is 0 Å². The highest BCUT2D eigenvalue weighted by Crippen LogP contribution is 2.46. The van der Waals surface area contributed by atoms with E-state index in [1.54, 1.807) is 6.92 Å². The van der Waals surface area contributed by atoms with Crippen molar-refractivity contribution in [3.63, 3.8) is 0 Å². The van der Waals surface area contributed by atoms with E-state index in [2.05, 4.69) is 44.6 Å². The van der Waals surface area contributed by atoms with E-state index in [1.807, 2.05) is 6.92 Å². The maximum absolute atomic E-state index is 12.3. The standard InChI is InChI=1S/C18H26BrN3O3/c1-5-24-17(23)14-16(20-12(3)15(19)21-14)22-8-6-18(7-9-22)10-25-13(4)11(18)2/h11,13H,5-10H2,1-4H3/t11-,13-/m0/s1. The average Bonchev–Trinajstić information content (AvgIpc) is 2.87. The quantitative estimate of drug-likeness (QED) is 0.710. The van der Waals surface area contributed by atoms with Crippen LogP contribution in [-0.4, -0.2) is 48.3 Å². The highest BCUT2D eigenvalue weighted by molar-refractivity contribution is 9.10. The van der Waals surface area contributed by atoms with Crippen molar-refractivity contribution in [1.29, 1.82) is 0 Å². The number of aromatic nitrogens is 2. The first-order chi connectivity index (χ1) is 11.9. The zero-order chi connectivity index (χ0) is 18.2. The van der Waals surface area contributed by atoms with Crippen LogP contribution in [0.15, 0.2) is 4.60 Å². The monoisotopic (exact) mass is 411 g/mol. The van der Waals surface area contributed by atoms with Gasteiger partial charge < -0.3 is 14.4 Å². The minimum atomic E-state index is -0.419. The van der Waals surface area contributed by atoms with Crippen LogP contribution in [0.25, 0.3) is 0 Å². The summed E-state index contributed by atoms with van der Waals surface area (Å²) in [5.41, 5.74) is 1.31. The van der Waals surface area contributed by atoms with Crippen molar-refractivity contribution in [2.24, 2.45) is 11.3 Å². The summed E-state index contributed by atoms with van der Waals surface area (Å²) in [6.07, 6.45) is 2.39. The van der Waals surface area contributed by atoms with E-state index in [9.17, 15) is 4.79 Å². The summed E-state index contributed by atoms with van der Waals surface area (Å²) in [6, 6.07) is 0. The van der Waals surface area contributed by atoms with Crippen LogP contribution in [0.5, 0.6) is 0 Å². The minimum Gasteiger partial charge on any atom is -0.461 e. The molecule has 1 aromatic rings. The third kappa shape index (κ3) is 3.40. The topological polar surface area (TPSA) is 64.5 Å². The Labute approximate surface area is 157 Å². The fourth-order valence-corrected chi connectivity index (χ4v) is 4.14. The number of carbonyl (C=O) groups excluding carboxylic acids is 1. The summed E-state index contributed by atoms with van der Waals surface area (Å²) >= 11 is 3.37. The zero-order valence-electron chi connectivity index (χ0n) is 15.3.